The number of nitrogens with one attached hydrogen (secondary N) is 3. The molecule has 1 aromatic rings. The van der Waals surface area contributed by atoms with Crippen LogP contribution in [0.25, 0.3) is 0 Å². The van der Waals surface area contributed by atoms with E-state index in [-0.39, 0.29) is 17.5 Å². The van der Waals surface area contributed by atoms with Gasteiger partial charge in [0.1, 0.15) is 0 Å². The number of hydrogen-bond donors (Lipinski definition) is 3. The molecule has 3 aliphatic rings. The van der Waals surface area contributed by atoms with Crippen LogP contribution in [0.15, 0.2) is 35.5 Å². The van der Waals surface area contributed by atoms with Gasteiger partial charge in [0.15, 0.2) is 5.78 Å². The molecule has 4 rings (SSSR count). The molecule has 4 atom stereocenters. The van der Waals surface area contributed by atoms with Crippen LogP contribution in [0.5, 0.6) is 0 Å². The Morgan fingerprint density at radius 2 is 1.79 bits per heavy atom. The maximum absolute atomic E-state index is 13.1. The maximum Gasteiger partial charge on any atom is 0.161 e. The zero-order chi connectivity index (χ0) is 17.1. The number of carbonyl (C=O) groups is 1. The first-order valence-corrected chi connectivity index (χ1v) is 8.96. The molecule has 4 unspecified atom stereocenters. The second-order valence-corrected chi connectivity index (χ2v) is 8.50. The van der Waals surface area contributed by atoms with Gasteiger partial charge in [0.2, 0.25) is 0 Å². The predicted molar refractivity (Wildman–Crippen MR) is 95.1 cm³/mol. The van der Waals surface area contributed by atoms with Crippen molar-refractivity contribution in [1.29, 1.82) is 0 Å². The Morgan fingerprint density at radius 1 is 1.08 bits per heavy atom. The number of rotatable bonds is 1. The third-order valence-corrected chi connectivity index (χ3v) is 5.81. The normalized spacial score (nSPS) is 34.6. The monoisotopic (exact) mass is 325 g/mol. The summed E-state index contributed by atoms with van der Waals surface area (Å²) in [5.74, 6) is 0.807. The lowest BCUT2D eigenvalue weighted by atomic mass is 9.65. The number of carbonyl (C=O) groups excluding carboxylic acids is 1. The Kier molecular flexibility index (Phi) is 3.59. The van der Waals surface area contributed by atoms with Crippen LogP contribution >= 0.6 is 0 Å². The molecule has 0 bridgehead atoms. The first kappa shape index (κ1) is 15.9. The average molecular weight is 325 g/mol. The molecule has 1 fully saturated rings. The van der Waals surface area contributed by atoms with Gasteiger partial charge in [0.25, 0.3) is 0 Å². The van der Waals surface area contributed by atoms with Crippen LogP contribution in [0.2, 0.25) is 0 Å². The van der Waals surface area contributed by atoms with E-state index in [1.165, 1.54) is 11.1 Å². The Bertz CT molecular complexity index is 704. The van der Waals surface area contributed by atoms with Crippen molar-refractivity contribution in [2.75, 3.05) is 0 Å². The van der Waals surface area contributed by atoms with Crippen molar-refractivity contribution in [3.8, 4) is 0 Å². The van der Waals surface area contributed by atoms with Gasteiger partial charge in [-0.25, -0.2) is 5.43 Å². The van der Waals surface area contributed by atoms with E-state index >= 15 is 0 Å². The number of hydrazine groups is 1. The second kappa shape index (κ2) is 5.43. The van der Waals surface area contributed by atoms with Crippen LogP contribution in [-0.2, 0) is 4.79 Å². The molecule has 2 heterocycles. The minimum Gasteiger partial charge on any atom is -0.371 e. The number of fused-ring (bicyclic) bond motifs is 1. The van der Waals surface area contributed by atoms with Gasteiger partial charge in [-0.1, -0.05) is 43.7 Å². The third-order valence-electron chi connectivity index (χ3n) is 5.81. The first-order valence-electron chi connectivity index (χ1n) is 8.96. The number of ketones is 1. The molecule has 1 aliphatic carbocycles. The fourth-order valence-corrected chi connectivity index (χ4v) is 4.68. The van der Waals surface area contributed by atoms with Gasteiger partial charge in [0.05, 0.1) is 6.17 Å². The minimum atomic E-state index is 0.0330. The first-order chi connectivity index (χ1) is 11.4. The van der Waals surface area contributed by atoms with Crippen LogP contribution in [0, 0.1) is 18.3 Å². The molecular weight excluding hydrogens is 298 g/mol. The predicted octanol–water partition coefficient (Wildman–Crippen LogP) is 2.76. The van der Waals surface area contributed by atoms with Crippen molar-refractivity contribution in [1.82, 2.24) is 16.2 Å². The lowest BCUT2D eigenvalue weighted by Gasteiger charge is -2.44. The van der Waals surface area contributed by atoms with Gasteiger partial charge in [-0.15, -0.1) is 0 Å². The molecule has 0 amide bonds. The third kappa shape index (κ3) is 2.49. The summed E-state index contributed by atoms with van der Waals surface area (Å²) in [6.07, 6.45) is 1.75. The SMILES string of the molecule is Cc1ccc(C2C3=C(CC(C)(C)CC3=O)NC3NNC(C)C32)cc1. The topological polar surface area (TPSA) is 53.2 Å². The van der Waals surface area contributed by atoms with Gasteiger partial charge in [-0.05, 0) is 31.2 Å². The number of benzene rings is 1. The van der Waals surface area contributed by atoms with Crippen molar-refractivity contribution < 1.29 is 4.79 Å². The fourth-order valence-electron chi connectivity index (χ4n) is 4.68. The Labute approximate surface area is 144 Å². The molecule has 1 saturated heterocycles. The quantitative estimate of drug-likeness (QED) is 0.743. The van der Waals surface area contributed by atoms with Crippen LogP contribution in [0.3, 0.4) is 0 Å². The smallest absolute Gasteiger partial charge is 0.161 e. The van der Waals surface area contributed by atoms with Gasteiger partial charge >= 0.3 is 0 Å². The molecule has 3 N–H and O–H groups in total. The Balaban J connectivity index is 1.85. The Morgan fingerprint density at radius 3 is 2.50 bits per heavy atom. The van der Waals surface area contributed by atoms with E-state index in [0.29, 0.717) is 24.2 Å². The van der Waals surface area contributed by atoms with Crippen molar-refractivity contribution in [2.45, 2.75) is 58.7 Å². The second-order valence-electron chi connectivity index (χ2n) is 8.50. The largest absolute Gasteiger partial charge is 0.371 e. The number of aryl methyl sites for hydroxylation is 1. The van der Waals surface area contributed by atoms with E-state index in [4.69, 9.17) is 0 Å². The molecule has 1 aromatic carbocycles. The summed E-state index contributed by atoms with van der Waals surface area (Å²) >= 11 is 0. The standard InChI is InChI=1S/C20H27N3O/c1-11-5-7-13(8-6-11)17-16-12(2)22-23-19(16)21-14-9-20(3,4)10-15(24)18(14)17/h5-8,12,16-17,19,21-23H,9-10H2,1-4H3. The van der Waals surface area contributed by atoms with Crippen molar-refractivity contribution >= 4 is 5.78 Å². The van der Waals surface area contributed by atoms with Crippen molar-refractivity contribution in [2.24, 2.45) is 11.3 Å². The summed E-state index contributed by atoms with van der Waals surface area (Å²) < 4.78 is 0. The van der Waals surface area contributed by atoms with Crippen LogP contribution in [0.1, 0.15) is 50.7 Å². The van der Waals surface area contributed by atoms with E-state index in [9.17, 15) is 4.79 Å². The molecular formula is C20H27N3O. The van der Waals surface area contributed by atoms with Crippen LogP contribution < -0.4 is 16.2 Å². The minimum absolute atomic E-state index is 0.0330. The molecule has 4 heteroatoms. The molecule has 0 radical (unpaired) electrons. The highest BCUT2D eigenvalue weighted by Crippen LogP contribution is 2.48. The van der Waals surface area contributed by atoms with Gasteiger partial charge in [-0.3, -0.25) is 10.2 Å². The highest BCUT2D eigenvalue weighted by Gasteiger charge is 2.49. The zero-order valence-corrected chi connectivity index (χ0v) is 14.9. The zero-order valence-electron chi connectivity index (χ0n) is 14.9. The molecule has 4 nitrogen and oxygen atoms in total. The van der Waals surface area contributed by atoms with E-state index in [1.807, 2.05) is 0 Å². The number of Topliss-reactive ketones (excluding diaryl/α,β-unsaturated/α-hetero) is 1. The Hall–Kier alpha value is -1.65. The summed E-state index contributed by atoms with van der Waals surface area (Å²) in [4.78, 5) is 13.1. The summed E-state index contributed by atoms with van der Waals surface area (Å²) in [6, 6.07) is 9.02. The van der Waals surface area contributed by atoms with Crippen LogP contribution in [-0.4, -0.2) is 18.0 Å². The van der Waals surface area contributed by atoms with Gasteiger partial charge in [-0.2, -0.15) is 0 Å². The van der Waals surface area contributed by atoms with Crippen LogP contribution in [0.4, 0.5) is 0 Å². The van der Waals surface area contributed by atoms with E-state index in [2.05, 4.69) is 68.1 Å². The molecule has 0 aromatic heterocycles. The fraction of sp³-hybridized carbons (Fsp3) is 0.550. The van der Waals surface area contributed by atoms with Crippen molar-refractivity contribution in [3.63, 3.8) is 0 Å². The molecule has 2 aliphatic heterocycles. The molecule has 24 heavy (non-hydrogen) atoms. The number of hydrogen-bond acceptors (Lipinski definition) is 4. The molecule has 0 saturated carbocycles. The highest BCUT2D eigenvalue weighted by molar-refractivity contribution is 5.99. The van der Waals surface area contributed by atoms with E-state index < -0.39 is 0 Å². The van der Waals surface area contributed by atoms with E-state index in [0.717, 1.165) is 17.7 Å². The van der Waals surface area contributed by atoms with Crippen molar-refractivity contribution in [3.05, 3.63) is 46.7 Å². The summed E-state index contributed by atoms with van der Waals surface area (Å²) in [5, 5.41) is 3.63. The molecule has 0 spiro atoms. The summed E-state index contributed by atoms with van der Waals surface area (Å²) in [7, 11) is 0. The average Bonchev–Trinajstić information content (AvgIpc) is 2.86. The number of allylic oxidation sites excluding steroid dienone is 2. The lowest BCUT2D eigenvalue weighted by Crippen LogP contribution is -2.52. The highest BCUT2D eigenvalue weighted by atomic mass is 16.1. The maximum atomic E-state index is 13.1. The summed E-state index contributed by atoms with van der Waals surface area (Å²) in [6.45, 7) is 8.68. The van der Waals surface area contributed by atoms with E-state index in [1.54, 1.807) is 0 Å². The molecule has 128 valence electrons. The lowest BCUT2D eigenvalue weighted by molar-refractivity contribution is -0.118. The summed E-state index contributed by atoms with van der Waals surface area (Å²) in [5.41, 5.74) is 11.5. The van der Waals surface area contributed by atoms with Gasteiger partial charge in [0, 0.05) is 35.6 Å². The van der Waals surface area contributed by atoms with Gasteiger partial charge < -0.3 is 5.32 Å².